The highest BCUT2D eigenvalue weighted by atomic mass is 19.1. The Morgan fingerprint density at radius 3 is 2.74 bits per heavy atom. The summed E-state index contributed by atoms with van der Waals surface area (Å²) in [4.78, 5) is 23.4. The molecule has 0 spiro atoms. The first-order valence-corrected chi connectivity index (χ1v) is 7.80. The minimum absolute atomic E-state index is 0.0621. The van der Waals surface area contributed by atoms with Gasteiger partial charge >= 0.3 is 5.97 Å². The second-order valence-electron chi connectivity index (χ2n) is 6.03. The normalized spacial score (nSPS) is 21.9. The molecule has 126 valence electrons. The maximum absolute atomic E-state index is 13.3. The molecule has 1 aliphatic heterocycles. The number of nitrogens with one attached hydrogen (secondary N) is 1. The van der Waals surface area contributed by atoms with E-state index in [2.05, 4.69) is 5.32 Å². The molecule has 1 aromatic rings. The van der Waals surface area contributed by atoms with Crippen molar-refractivity contribution >= 4 is 11.9 Å². The summed E-state index contributed by atoms with van der Waals surface area (Å²) in [7, 11) is 0. The van der Waals surface area contributed by atoms with Crippen molar-refractivity contribution in [3.63, 3.8) is 0 Å². The van der Waals surface area contributed by atoms with Gasteiger partial charge in [-0.15, -0.1) is 0 Å². The highest BCUT2D eigenvalue weighted by Crippen LogP contribution is 2.23. The van der Waals surface area contributed by atoms with Crippen LogP contribution in [0.25, 0.3) is 0 Å². The zero-order valence-corrected chi connectivity index (χ0v) is 13.3. The van der Waals surface area contributed by atoms with Gasteiger partial charge in [0.25, 0.3) is 0 Å². The van der Waals surface area contributed by atoms with Crippen LogP contribution >= 0.6 is 0 Å². The van der Waals surface area contributed by atoms with Crippen molar-refractivity contribution in [2.75, 3.05) is 0 Å². The molecule has 1 amide bonds. The molecule has 1 aliphatic rings. The van der Waals surface area contributed by atoms with Crippen LogP contribution in [0.5, 0.6) is 0 Å². The van der Waals surface area contributed by atoms with E-state index in [1.165, 1.54) is 18.2 Å². The smallest absolute Gasteiger partial charge is 0.330 e. The summed E-state index contributed by atoms with van der Waals surface area (Å²) in [5, 5.41) is 11.8. The summed E-state index contributed by atoms with van der Waals surface area (Å²) < 4.78 is 18.9. The Hall–Kier alpha value is -1.95. The van der Waals surface area contributed by atoms with Crippen molar-refractivity contribution in [1.29, 1.82) is 0 Å². The lowest BCUT2D eigenvalue weighted by Crippen LogP contribution is -2.34. The number of benzene rings is 1. The van der Waals surface area contributed by atoms with E-state index in [9.17, 15) is 19.1 Å². The molecule has 3 atom stereocenters. The molecule has 0 bridgehead atoms. The fourth-order valence-corrected chi connectivity index (χ4v) is 2.76. The molecule has 5 nitrogen and oxygen atoms in total. The third-order valence-corrected chi connectivity index (χ3v) is 4.08. The van der Waals surface area contributed by atoms with Crippen LogP contribution in [-0.4, -0.2) is 29.2 Å². The fraction of sp³-hybridized carbons (Fsp3) is 0.529. The van der Waals surface area contributed by atoms with Gasteiger partial charge in [0.2, 0.25) is 5.91 Å². The molecule has 1 saturated heterocycles. The molecule has 6 heteroatoms. The topological polar surface area (TPSA) is 75.6 Å². The Labute approximate surface area is 134 Å². The van der Waals surface area contributed by atoms with Crippen LogP contribution in [0.1, 0.15) is 49.8 Å². The van der Waals surface area contributed by atoms with Crippen LogP contribution in [0.4, 0.5) is 4.39 Å². The number of carboxylic acid groups (broad SMARTS) is 1. The van der Waals surface area contributed by atoms with E-state index in [1.54, 1.807) is 6.92 Å². The highest BCUT2D eigenvalue weighted by molar-refractivity contribution is 5.84. The number of hydrogen-bond donors (Lipinski definition) is 2. The van der Waals surface area contributed by atoms with Gasteiger partial charge in [-0.3, -0.25) is 4.79 Å². The first-order chi connectivity index (χ1) is 10.9. The Kier molecular flexibility index (Phi) is 5.71. The number of halogens is 1. The van der Waals surface area contributed by atoms with Gasteiger partial charge in [0.15, 0.2) is 6.04 Å². The first kappa shape index (κ1) is 17.4. The van der Waals surface area contributed by atoms with Gasteiger partial charge in [-0.05, 0) is 50.3 Å². The van der Waals surface area contributed by atoms with Crippen molar-refractivity contribution in [3.05, 3.63) is 35.1 Å². The summed E-state index contributed by atoms with van der Waals surface area (Å²) in [6.07, 6.45) is 2.98. The lowest BCUT2D eigenvalue weighted by molar-refractivity contribution is -0.142. The standard InChI is InChI=1S/C17H22FNO4/c1-10-9-12(4-7-14(10)18)16(17(21)22)19-15(20)8-6-13-5-3-11(2)23-13/h4,7,9,11,13,16H,3,5-6,8H2,1-2H3,(H,19,20)(H,21,22). The van der Waals surface area contributed by atoms with Gasteiger partial charge in [-0.2, -0.15) is 0 Å². The SMILES string of the molecule is Cc1cc(C(NC(=O)CCC2CCC(C)O2)C(=O)O)ccc1F. The Bertz CT molecular complexity index is 590. The van der Waals surface area contributed by atoms with Gasteiger partial charge < -0.3 is 15.2 Å². The molecule has 23 heavy (non-hydrogen) atoms. The molecule has 0 radical (unpaired) electrons. The average Bonchev–Trinajstić information content (AvgIpc) is 2.91. The zero-order chi connectivity index (χ0) is 17.0. The van der Waals surface area contributed by atoms with Crippen LogP contribution in [0.15, 0.2) is 18.2 Å². The van der Waals surface area contributed by atoms with E-state index in [0.29, 0.717) is 17.5 Å². The highest BCUT2D eigenvalue weighted by Gasteiger charge is 2.25. The number of aryl methyl sites for hydroxylation is 1. The van der Waals surface area contributed by atoms with Gasteiger partial charge in [0.05, 0.1) is 12.2 Å². The Morgan fingerprint density at radius 2 is 2.17 bits per heavy atom. The number of ether oxygens (including phenoxy) is 1. The predicted octanol–water partition coefficient (Wildman–Crippen LogP) is 2.72. The quantitative estimate of drug-likeness (QED) is 0.844. The average molecular weight is 323 g/mol. The first-order valence-electron chi connectivity index (χ1n) is 7.80. The van der Waals surface area contributed by atoms with E-state index in [1.807, 2.05) is 6.92 Å². The van der Waals surface area contributed by atoms with Gasteiger partial charge in [0, 0.05) is 6.42 Å². The summed E-state index contributed by atoms with van der Waals surface area (Å²) >= 11 is 0. The predicted molar refractivity (Wildman–Crippen MR) is 82.5 cm³/mol. The molecule has 0 aromatic heterocycles. The van der Waals surface area contributed by atoms with Crippen LogP contribution in [0, 0.1) is 12.7 Å². The fourth-order valence-electron chi connectivity index (χ4n) is 2.76. The monoisotopic (exact) mass is 323 g/mol. The molecule has 0 saturated carbocycles. The molecule has 0 aliphatic carbocycles. The van der Waals surface area contributed by atoms with Crippen LogP contribution in [0.2, 0.25) is 0 Å². The van der Waals surface area contributed by atoms with E-state index in [0.717, 1.165) is 12.8 Å². The van der Waals surface area contributed by atoms with Crippen molar-refractivity contribution in [3.8, 4) is 0 Å². The molecular formula is C17H22FNO4. The van der Waals surface area contributed by atoms with Crippen molar-refractivity contribution in [1.82, 2.24) is 5.32 Å². The van der Waals surface area contributed by atoms with Crippen LogP contribution < -0.4 is 5.32 Å². The lowest BCUT2D eigenvalue weighted by atomic mass is 10.0. The molecule has 3 unspecified atom stereocenters. The van der Waals surface area contributed by atoms with Crippen molar-refractivity contribution < 1.29 is 23.8 Å². The van der Waals surface area contributed by atoms with Crippen LogP contribution in [0.3, 0.4) is 0 Å². The molecule has 1 heterocycles. The number of amides is 1. The number of aliphatic carboxylic acids is 1. The third-order valence-electron chi connectivity index (χ3n) is 4.08. The number of carbonyl (C=O) groups is 2. The Morgan fingerprint density at radius 1 is 1.43 bits per heavy atom. The molecular weight excluding hydrogens is 301 g/mol. The minimum atomic E-state index is -1.18. The maximum atomic E-state index is 13.3. The molecule has 1 fully saturated rings. The minimum Gasteiger partial charge on any atom is -0.479 e. The number of hydrogen-bond acceptors (Lipinski definition) is 3. The van der Waals surface area contributed by atoms with E-state index in [4.69, 9.17) is 4.74 Å². The molecule has 1 aromatic carbocycles. The van der Waals surface area contributed by atoms with Gasteiger partial charge in [-0.25, -0.2) is 9.18 Å². The zero-order valence-electron chi connectivity index (χ0n) is 13.3. The largest absolute Gasteiger partial charge is 0.479 e. The summed E-state index contributed by atoms with van der Waals surface area (Å²) in [6.45, 7) is 3.55. The second kappa shape index (κ2) is 7.55. The number of rotatable bonds is 6. The number of carboxylic acids is 1. The lowest BCUT2D eigenvalue weighted by Gasteiger charge is -2.16. The Balaban J connectivity index is 1.94. The third kappa shape index (κ3) is 4.76. The van der Waals surface area contributed by atoms with Crippen molar-refractivity contribution in [2.45, 2.75) is 57.8 Å². The summed E-state index contributed by atoms with van der Waals surface area (Å²) in [5.41, 5.74) is 0.701. The molecule has 2 rings (SSSR count). The summed E-state index contributed by atoms with van der Waals surface area (Å²) in [6, 6.07) is 2.85. The number of carbonyl (C=O) groups excluding carboxylic acids is 1. The molecule has 2 N–H and O–H groups in total. The summed E-state index contributed by atoms with van der Waals surface area (Å²) in [5.74, 6) is -1.92. The maximum Gasteiger partial charge on any atom is 0.330 e. The van der Waals surface area contributed by atoms with E-state index < -0.39 is 17.8 Å². The second-order valence-corrected chi connectivity index (χ2v) is 6.03. The van der Waals surface area contributed by atoms with Gasteiger partial charge in [0.1, 0.15) is 5.82 Å². The van der Waals surface area contributed by atoms with Crippen molar-refractivity contribution in [2.24, 2.45) is 0 Å². The van der Waals surface area contributed by atoms with E-state index >= 15 is 0 Å². The van der Waals surface area contributed by atoms with Gasteiger partial charge in [-0.1, -0.05) is 12.1 Å². The van der Waals surface area contributed by atoms with E-state index in [-0.39, 0.29) is 24.5 Å². The van der Waals surface area contributed by atoms with Crippen LogP contribution in [-0.2, 0) is 14.3 Å².